The van der Waals surface area contributed by atoms with Gasteiger partial charge in [0.15, 0.2) is 5.15 Å². The molecule has 0 bridgehead atoms. The maximum Gasteiger partial charge on any atom is 0.348 e. The van der Waals surface area contributed by atoms with Crippen LogP contribution in [0.25, 0.3) is 0 Å². The molecule has 0 saturated heterocycles. The van der Waals surface area contributed by atoms with Crippen molar-refractivity contribution < 1.29 is 19.4 Å². The Hall–Kier alpha value is -2.63. The SMILES string of the molecule is CC(C)(C)C#Cc1cc(N(C(=O)[C@H]2CC[C@H](C)CC2)[C@H]2CC[C@H](Oc3ccc(Cl)nn3)CC2)c(C(=O)O)s1. The number of hydrogen-bond acceptors (Lipinski definition) is 6. The molecular formula is C29H36ClN3O4S. The number of nitrogens with zero attached hydrogens (tertiary/aromatic N) is 3. The average Bonchev–Trinajstić information content (AvgIpc) is 3.30. The Morgan fingerprint density at radius 1 is 1.08 bits per heavy atom. The maximum atomic E-state index is 14.0. The number of rotatable bonds is 6. The van der Waals surface area contributed by atoms with Gasteiger partial charge in [-0.2, -0.15) is 0 Å². The molecule has 204 valence electrons. The fourth-order valence-electron chi connectivity index (χ4n) is 5.18. The fraction of sp³-hybridized carbons (Fsp3) is 0.586. The molecular weight excluding hydrogens is 522 g/mol. The Morgan fingerprint density at radius 2 is 1.76 bits per heavy atom. The zero-order valence-electron chi connectivity index (χ0n) is 22.5. The minimum absolute atomic E-state index is 0.0421. The summed E-state index contributed by atoms with van der Waals surface area (Å²) in [6.45, 7) is 8.28. The molecule has 1 amide bonds. The summed E-state index contributed by atoms with van der Waals surface area (Å²) in [4.78, 5) is 29.0. The number of anilines is 1. The lowest BCUT2D eigenvalue weighted by atomic mass is 9.81. The molecule has 0 aliphatic heterocycles. The molecule has 9 heteroatoms. The highest BCUT2D eigenvalue weighted by atomic mass is 35.5. The van der Waals surface area contributed by atoms with Crippen LogP contribution in [0.1, 0.15) is 93.6 Å². The Kier molecular flexibility index (Phi) is 9.00. The quantitative estimate of drug-likeness (QED) is 0.391. The molecule has 7 nitrogen and oxygen atoms in total. The average molecular weight is 558 g/mol. The van der Waals surface area contributed by atoms with Gasteiger partial charge in [-0.3, -0.25) is 4.79 Å². The van der Waals surface area contributed by atoms with Gasteiger partial charge in [-0.25, -0.2) is 4.79 Å². The molecule has 2 saturated carbocycles. The number of carbonyl (C=O) groups excluding carboxylic acids is 1. The van der Waals surface area contributed by atoms with Crippen LogP contribution in [-0.2, 0) is 4.79 Å². The molecule has 38 heavy (non-hydrogen) atoms. The fourth-order valence-corrected chi connectivity index (χ4v) is 6.12. The van der Waals surface area contributed by atoms with E-state index < -0.39 is 5.97 Å². The van der Waals surface area contributed by atoms with Crippen LogP contribution in [0.4, 0.5) is 5.69 Å². The molecule has 0 radical (unpaired) electrons. The molecule has 0 spiro atoms. The molecule has 2 aliphatic rings. The van der Waals surface area contributed by atoms with E-state index in [0.29, 0.717) is 40.4 Å². The molecule has 0 atom stereocenters. The third-order valence-electron chi connectivity index (χ3n) is 7.23. The van der Waals surface area contributed by atoms with Crippen molar-refractivity contribution >= 4 is 40.5 Å². The van der Waals surface area contributed by atoms with E-state index >= 15 is 0 Å². The number of carboxylic acids is 1. The van der Waals surface area contributed by atoms with Crippen LogP contribution in [0.5, 0.6) is 5.88 Å². The van der Waals surface area contributed by atoms with E-state index in [2.05, 4.69) is 29.0 Å². The van der Waals surface area contributed by atoms with Crippen LogP contribution in [0.15, 0.2) is 18.2 Å². The second kappa shape index (κ2) is 12.0. The van der Waals surface area contributed by atoms with Gasteiger partial charge in [-0.05, 0) is 90.2 Å². The molecule has 2 aliphatic carbocycles. The Morgan fingerprint density at radius 3 is 2.34 bits per heavy atom. The van der Waals surface area contributed by atoms with Gasteiger partial charge < -0.3 is 14.7 Å². The summed E-state index contributed by atoms with van der Waals surface area (Å²) in [6, 6.07) is 5.05. The van der Waals surface area contributed by atoms with Crippen molar-refractivity contribution in [1.82, 2.24) is 10.2 Å². The zero-order chi connectivity index (χ0) is 27.4. The van der Waals surface area contributed by atoms with Crippen LogP contribution >= 0.6 is 22.9 Å². The van der Waals surface area contributed by atoms with E-state index in [1.54, 1.807) is 17.0 Å². The van der Waals surface area contributed by atoms with E-state index in [1.807, 2.05) is 26.8 Å². The lowest BCUT2D eigenvalue weighted by molar-refractivity contribution is -0.124. The number of carbonyl (C=O) groups is 2. The molecule has 2 heterocycles. The number of amides is 1. The molecule has 0 unspecified atom stereocenters. The summed E-state index contributed by atoms with van der Waals surface area (Å²) in [5, 5.41) is 18.2. The molecule has 0 aromatic carbocycles. The topological polar surface area (TPSA) is 92.6 Å². The summed E-state index contributed by atoms with van der Waals surface area (Å²) in [5.41, 5.74) is 0.270. The monoisotopic (exact) mass is 557 g/mol. The Balaban J connectivity index is 1.60. The van der Waals surface area contributed by atoms with Gasteiger partial charge in [0.25, 0.3) is 0 Å². The van der Waals surface area contributed by atoms with E-state index in [-0.39, 0.29) is 34.3 Å². The third-order valence-corrected chi connectivity index (χ3v) is 8.46. The minimum Gasteiger partial charge on any atom is -0.477 e. The van der Waals surface area contributed by atoms with Crippen LogP contribution in [0.2, 0.25) is 5.15 Å². The van der Waals surface area contributed by atoms with Gasteiger partial charge in [0.2, 0.25) is 11.8 Å². The van der Waals surface area contributed by atoms with Crippen LogP contribution < -0.4 is 9.64 Å². The van der Waals surface area contributed by atoms with E-state index in [0.717, 1.165) is 49.9 Å². The van der Waals surface area contributed by atoms with Gasteiger partial charge in [-0.1, -0.05) is 30.4 Å². The minimum atomic E-state index is -1.03. The lowest BCUT2D eigenvalue weighted by Crippen LogP contribution is -2.47. The second-order valence-electron chi connectivity index (χ2n) is 11.5. The van der Waals surface area contributed by atoms with Crippen molar-refractivity contribution in [2.45, 2.75) is 91.2 Å². The first-order valence-electron chi connectivity index (χ1n) is 13.4. The number of thiophene rings is 1. The largest absolute Gasteiger partial charge is 0.477 e. The van der Waals surface area contributed by atoms with Crippen molar-refractivity contribution in [1.29, 1.82) is 0 Å². The number of halogens is 1. The summed E-state index contributed by atoms with van der Waals surface area (Å²) in [5.74, 6) is 6.31. The normalized spacial score (nSPS) is 23.7. The number of hydrogen-bond donors (Lipinski definition) is 1. The van der Waals surface area contributed by atoms with Crippen molar-refractivity contribution in [2.24, 2.45) is 17.3 Å². The molecule has 2 aromatic rings. The third kappa shape index (κ3) is 7.27. The van der Waals surface area contributed by atoms with Gasteiger partial charge in [0, 0.05) is 23.4 Å². The van der Waals surface area contributed by atoms with E-state index in [9.17, 15) is 14.7 Å². The number of aromatic carboxylic acids is 1. The van der Waals surface area contributed by atoms with Crippen LogP contribution in [-0.4, -0.2) is 39.3 Å². The van der Waals surface area contributed by atoms with Crippen LogP contribution in [0, 0.1) is 29.1 Å². The zero-order valence-corrected chi connectivity index (χ0v) is 24.1. The summed E-state index contributed by atoms with van der Waals surface area (Å²) in [7, 11) is 0. The Labute approximate surface area is 233 Å². The standard InChI is InChI=1S/C29H36ClN3O4S/c1-18-5-7-19(8-6-18)27(34)33(23-17-22(15-16-29(2,3)4)38-26(23)28(35)36)20-9-11-21(12-10-20)37-25-14-13-24(30)31-32-25/h13-14,17-21H,5-12H2,1-4H3,(H,35,36)/t18-,19-,20-,21-. The Bertz CT molecular complexity index is 1200. The second-order valence-corrected chi connectivity index (χ2v) is 13.0. The lowest BCUT2D eigenvalue weighted by Gasteiger charge is -2.39. The predicted octanol–water partition coefficient (Wildman–Crippen LogP) is 6.84. The van der Waals surface area contributed by atoms with Gasteiger partial charge >= 0.3 is 5.97 Å². The van der Waals surface area contributed by atoms with Crippen molar-refractivity contribution in [2.75, 3.05) is 4.90 Å². The molecule has 4 rings (SSSR count). The predicted molar refractivity (Wildman–Crippen MR) is 150 cm³/mol. The molecule has 2 aromatic heterocycles. The maximum absolute atomic E-state index is 14.0. The highest BCUT2D eigenvalue weighted by molar-refractivity contribution is 7.15. The van der Waals surface area contributed by atoms with Gasteiger partial charge in [-0.15, -0.1) is 21.5 Å². The highest BCUT2D eigenvalue weighted by Crippen LogP contribution is 2.39. The molecule has 1 N–H and O–H groups in total. The van der Waals surface area contributed by atoms with Crippen LogP contribution in [0.3, 0.4) is 0 Å². The highest BCUT2D eigenvalue weighted by Gasteiger charge is 2.38. The summed E-state index contributed by atoms with van der Waals surface area (Å²) >= 11 is 6.98. The van der Waals surface area contributed by atoms with Crippen molar-refractivity contribution in [3.05, 3.63) is 33.1 Å². The van der Waals surface area contributed by atoms with Gasteiger partial charge in [0.05, 0.1) is 10.6 Å². The molecule has 2 fully saturated rings. The van der Waals surface area contributed by atoms with E-state index in [1.165, 1.54) is 0 Å². The summed E-state index contributed by atoms with van der Waals surface area (Å²) < 4.78 is 6.02. The first-order valence-corrected chi connectivity index (χ1v) is 14.6. The summed E-state index contributed by atoms with van der Waals surface area (Å²) in [6.07, 6.45) is 6.53. The van der Waals surface area contributed by atoms with E-state index in [4.69, 9.17) is 16.3 Å². The first-order chi connectivity index (χ1) is 18.0. The number of carboxylic acid groups (broad SMARTS) is 1. The van der Waals surface area contributed by atoms with Crippen molar-refractivity contribution in [3.63, 3.8) is 0 Å². The first kappa shape index (κ1) is 28.4. The number of aromatic nitrogens is 2. The van der Waals surface area contributed by atoms with Gasteiger partial charge in [0.1, 0.15) is 11.0 Å². The number of ether oxygens (including phenoxy) is 1. The smallest absolute Gasteiger partial charge is 0.348 e. The van der Waals surface area contributed by atoms with Crippen molar-refractivity contribution in [3.8, 4) is 17.7 Å².